The lowest BCUT2D eigenvalue weighted by atomic mass is 9.97. The van der Waals surface area contributed by atoms with Crippen LogP contribution in [0.5, 0.6) is 0 Å². The van der Waals surface area contributed by atoms with Gasteiger partial charge in [0, 0.05) is 6.42 Å². The van der Waals surface area contributed by atoms with Gasteiger partial charge in [-0.25, -0.2) is 0 Å². The molecule has 0 aromatic heterocycles. The smallest absolute Gasteiger partial charge is 0.220 e. The summed E-state index contributed by atoms with van der Waals surface area (Å²) in [6, 6.07) is -0.914. The van der Waals surface area contributed by atoms with E-state index in [0.717, 1.165) is 57.8 Å². The average molecular weight is 888 g/mol. The number of allylic oxidation sites excluding steroid dienone is 3. The summed E-state index contributed by atoms with van der Waals surface area (Å²) in [6.07, 6.45) is 20.7. The van der Waals surface area contributed by atoms with E-state index in [-0.39, 0.29) is 18.9 Å². The van der Waals surface area contributed by atoms with E-state index in [2.05, 4.69) is 31.3 Å². The van der Waals surface area contributed by atoms with Crippen LogP contribution in [0.3, 0.4) is 0 Å². The van der Waals surface area contributed by atoms with E-state index in [1.54, 1.807) is 6.08 Å². The lowest BCUT2D eigenvalue weighted by Crippen LogP contribution is -2.65. The number of amides is 1. The Kier molecular flexibility index (Phi) is 32.6. The van der Waals surface area contributed by atoms with Crippen LogP contribution in [0.1, 0.15) is 181 Å². The van der Waals surface area contributed by atoms with E-state index < -0.39 is 86.8 Å². The summed E-state index contributed by atoms with van der Waals surface area (Å²) in [5.41, 5.74) is 0. The minimum atomic E-state index is -1.79. The van der Waals surface area contributed by atoms with Crippen LogP contribution in [0.4, 0.5) is 0 Å². The molecule has 14 nitrogen and oxygen atoms in total. The van der Waals surface area contributed by atoms with Crippen LogP contribution in [0.2, 0.25) is 0 Å². The van der Waals surface area contributed by atoms with Crippen LogP contribution in [0.15, 0.2) is 24.3 Å². The van der Waals surface area contributed by atoms with E-state index in [1.807, 2.05) is 6.08 Å². The van der Waals surface area contributed by atoms with Crippen molar-refractivity contribution < 1.29 is 64.6 Å². The molecule has 1 amide bonds. The maximum atomic E-state index is 13.1. The Hall–Kier alpha value is -1.53. The lowest BCUT2D eigenvalue weighted by molar-refractivity contribution is -0.359. The normalized spacial score (nSPS) is 27.9. The fraction of sp³-hybridized carbons (Fsp3) is 0.896. The molecular weight excluding hydrogens is 799 g/mol. The maximum absolute atomic E-state index is 13.1. The fourth-order valence-corrected chi connectivity index (χ4v) is 8.05. The van der Waals surface area contributed by atoms with Crippen LogP contribution in [0.25, 0.3) is 0 Å². The molecular formula is C48H89NO13. The number of carbonyl (C=O) groups is 1. The van der Waals surface area contributed by atoms with Gasteiger partial charge in [-0.1, -0.05) is 154 Å². The molecule has 62 heavy (non-hydrogen) atoms. The average Bonchev–Trinajstić information content (AvgIpc) is 3.27. The molecule has 0 aromatic rings. The van der Waals surface area contributed by atoms with E-state index >= 15 is 0 Å². The number of aliphatic hydroxyl groups is 8. The van der Waals surface area contributed by atoms with Gasteiger partial charge in [-0.15, -0.1) is 0 Å². The molecule has 2 fully saturated rings. The Bertz CT molecular complexity index is 1140. The van der Waals surface area contributed by atoms with Gasteiger partial charge >= 0.3 is 0 Å². The summed E-state index contributed by atoms with van der Waals surface area (Å²) in [6.45, 7) is 2.74. The number of hydrogen-bond acceptors (Lipinski definition) is 13. The second kappa shape index (κ2) is 35.7. The first-order valence-corrected chi connectivity index (χ1v) is 24.6. The van der Waals surface area contributed by atoms with Crippen LogP contribution in [0, 0.1) is 0 Å². The molecule has 0 bridgehead atoms. The van der Waals surface area contributed by atoms with Crippen molar-refractivity contribution in [3.05, 3.63) is 24.3 Å². The van der Waals surface area contributed by atoms with Crippen molar-refractivity contribution in [3.63, 3.8) is 0 Å². The van der Waals surface area contributed by atoms with Crippen LogP contribution >= 0.6 is 0 Å². The molecule has 12 atom stereocenters. The van der Waals surface area contributed by atoms with Gasteiger partial charge in [0.15, 0.2) is 12.6 Å². The third-order valence-corrected chi connectivity index (χ3v) is 12.1. The standard InChI is InChI=1S/C48H89NO13/c1-3-5-7-9-11-13-15-17-18-19-20-21-23-25-27-29-31-37(52)36(49-40(53)32-30-28-26-24-22-16-14-12-10-8-6-4-2)35-59-47-45(58)43(56)46(39(34-51)61-47)62-48-44(57)42(55)41(54)38(33-50)60-48/h12,14,29,31,36-39,41-48,50-52,54-58H,3-11,13,15-28,30,32-35H2,1-2H3,(H,49,53)/b14-12-,31-29+. The molecule has 0 aromatic carbocycles. The third-order valence-electron chi connectivity index (χ3n) is 12.1. The van der Waals surface area contributed by atoms with Crippen molar-refractivity contribution in [3.8, 4) is 0 Å². The molecule has 0 radical (unpaired) electrons. The summed E-state index contributed by atoms with van der Waals surface area (Å²) in [7, 11) is 0. The predicted octanol–water partition coefficient (Wildman–Crippen LogP) is 5.77. The van der Waals surface area contributed by atoms with Gasteiger partial charge in [0.1, 0.15) is 48.8 Å². The molecule has 2 aliphatic rings. The van der Waals surface area contributed by atoms with Crippen molar-refractivity contribution in [1.82, 2.24) is 5.32 Å². The fourth-order valence-electron chi connectivity index (χ4n) is 8.05. The van der Waals surface area contributed by atoms with Gasteiger partial charge in [-0.3, -0.25) is 4.79 Å². The third kappa shape index (κ3) is 23.1. The highest BCUT2D eigenvalue weighted by Crippen LogP contribution is 2.30. The van der Waals surface area contributed by atoms with Crippen LogP contribution in [-0.2, 0) is 23.7 Å². The zero-order valence-corrected chi connectivity index (χ0v) is 38.4. The highest BCUT2D eigenvalue weighted by molar-refractivity contribution is 5.76. The Morgan fingerprint density at radius 3 is 1.56 bits per heavy atom. The Morgan fingerprint density at radius 1 is 0.565 bits per heavy atom. The predicted molar refractivity (Wildman–Crippen MR) is 240 cm³/mol. The summed E-state index contributed by atoms with van der Waals surface area (Å²) >= 11 is 0. The van der Waals surface area contributed by atoms with Crippen molar-refractivity contribution in [1.29, 1.82) is 0 Å². The molecule has 14 heteroatoms. The highest BCUT2D eigenvalue weighted by Gasteiger charge is 2.51. The number of ether oxygens (including phenoxy) is 4. The first kappa shape index (κ1) is 56.6. The Labute approximate surface area is 373 Å². The molecule has 0 saturated carbocycles. The highest BCUT2D eigenvalue weighted by atomic mass is 16.7. The molecule has 12 unspecified atom stereocenters. The van der Waals surface area contributed by atoms with Gasteiger partial charge in [-0.05, 0) is 44.9 Å². The minimum Gasteiger partial charge on any atom is -0.394 e. The van der Waals surface area contributed by atoms with Crippen LogP contribution < -0.4 is 5.32 Å². The zero-order chi connectivity index (χ0) is 45.4. The van der Waals surface area contributed by atoms with Gasteiger partial charge in [-0.2, -0.15) is 0 Å². The van der Waals surface area contributed by atoms with Crippen LogP contribution in [-0.4, -0.2) is 140 Å². The quantitative estimate of drug-likeness (QED) is 0.0267. The maximum Gasteiger partial charge on any atom is 0.220 e. The summed E-state index contributed by atoms with van der Waals surface area (Å²) in [5.74, 6) is -0.251. The summed E-state index contributed by atoms with van der Waals surface area (Å²) in [5, 5.41) is 86.6. The zero-order valence-electron chi connectivity index (χ0n) is 38.4. The first-order chi connectivity index (χ1) is 30.1. The van der Waals surface area contributed by atoms with Crippen molar-refractivity contribution in [2.24, 2.45) is 0 Å². The molecule has 9 N–H and O–H groups in total. The monoisotopic (exact) mass is 888 g/mol. The number of rotatable bonds is 37. The molecule has 2 heterocycles. The second-order valence-corrected chi connectivity index (χ2v) is 17.6. The molecule has 2 saturated heterocycles. The van der Waals surface area contributed by atoms with Crippen molar-refractivity contribution in [2.75, 3.05) is 19.8 Å². The Balaban J connectivity index is 1.88. The van der Waals surface area contributed by atoms with E-state index in [1.165, 1.54) is 96.3 Å². The Morgan fingerprint density at radius 2 is 1.02 bits per heavy atom. The van der Waals surface area contributed by atoms with Gasteiger partial charge in [0.05, 0.1) is 32.0 Å². The second-order valence-electron chi connectivity index (χ2n) is 17.6. The first-order valence-electron chi connectivity index (χ1n) is 24.6. The molecule has 0 spiro atoms. The van der Waals surface area contributed by atoms with Gasteiger partial charge in [0.25, 0.3) is 0 Å². The van der Waals surface area contributed by atoms with Crippen molar-refractivity contribution in [2.45, 2.75) is 254 Å². The minimum absolute atomic E-state index is 0.251. The van der Waals surface area contributed by atoms with Gasteiger partial charge in [0.2, 0.25) is 5.91 Å². The molecule has 2 aliphatic heterocycles. The van der Waals surface area contributed by atoms with E-state index in [9.17, 15) is 45.6 Å². The molecule has 2 rings (SSSR count). The number of unbranched alkanes of at least 4 members (excludes halogenated alkanes) is 22. The molecule has 0 aliphatic carbocycles. The lowest BCUT2D eigenvalue weighted by Gasteiger charge is -2.46. The van der Waals surface area contributed by atoms with Crippen molar-refractivity contribution >= 4 is 5.91 Å². The van der Waals surface area contributed by atoms with E-state index in [4.69, 9.17) is 18.9 Å². The summed E-state index contributed by atoms with van der Waals surface area (Å²) < 4.78 is 22.6. The number of carbonyl (C=O) groups excluding carboxylic acids is 1. The summed E-state index contributed by atoms with van der Waals surface area (Å²) in [4.78, 5) is 13.1. The van der Waals surface area contributed by atoms with Gasteiger partial charge < -0.3 is 65.1 Å². The molecule has 364 valence electrons. The number of nitrogens with one attached hydrogen (secondary N) is 1. The SMILES string of the molecule is CCCCC/C=C\CCCCCCCC(=O)NC(COC1OC(CO)C(OC2OC(CO)C(O)C(O)C2O)C(O)C1O)C(O)/C=C/CCCCCCCCCCCCCCCC. The topological polar surface area (TPSA) is 228 Å². The number of aliphatic hydroxyl groups excluding tert-OH is 8. The van der Waals surface area contributed by atoms with E-state index in [0.29, 0.717) is 6.42 Å². The number of hydrogen-bond donors (Lipinski definition) is 9. The largest absolute Gasteiger partial charge is 0.394 e.